The van der Waals surface area contributed by atoms with Crippen molar-refractivity contribution in [2.45, 2.75) is 19.4 Å². The van der Waals surface area contributed by atoms with Crippen LogP contribution in [0, 0.1) is 5.92 Å². The first kappa shape index (κ1) is 16.9. The SMILES string of the molecule is CCN(C(=O)C1CCOC1)C(c1ccc(Cl)cc1)c1ccccn1. The minimum Gasteiger partial charge on any atom is -0.381 e. The van der Waals surface area contributed by atoms with Crippen LogP contribution in [-0.2, 0) is 9.53 Å². The number of nitrogens with zero attached hydrogens (tertiary/aromatic N) is 2. The van der Waals surface area contributed by atoms with Crippen LogP contribution < -0.4 is 0 Å². The Morgan fingerprint density at radius 3 is 2.71 bits per heavy atom. The quantitative estimate of drug-likeness (QED) is 0.830. The summed E-state index contributed by atoms with van der Waals surface area (Å²) < 4.78 is 5.40. The van der Waals surface area contributed by atoms with Crippen molar-refractivity contribution < 1.29 is 9.53 Å². The summed E-state index contributed by atoms with van der Waals surface area (Å²) in [6.45, 7) is 3.77. The van der Waals surface area contributed by atoms with Crippen LogP contribution in [0.15, 0.2) is 48.7 Å². The number of hydrogen-bond donors (Lipinski definition) is 0. The molecule has 2 aromatic rings. The van der Waals surface area contributed by atoms with Crippen molar-refractivity contribution in [3.63, 3.8) is 0 Å². The zero-order valence-electron chi connectivity index (χ0n) is 13.7. The third-order valence-corrected chi connectivity index (χ3v) is 4.62. The van der Waals surface area contributed by atoms with Crippen molar-refractivity contribution in [1.29, 1.82) is 0 Å². The van der Waals surface area contributed by atoms with Crippen molar-refractivity contribution in [3.05, 3.63) is 64.9 Å². The Kier molecular flexibility index (Phi) is 5.48. The van der Waals surface area contributed by atoms with E-state index in [0.29, 0.717) is 24.8 Å². The predicted molar refractivity (Wildman–Crippen MR) is 93.8 cm³/mol. The molecule has 0 radical (unpaired) electrons. The van der Waals surface area contributed by atoms with Crippen LogP contribution >= 0.6 is 11.6 Å². The number of aromatic nitrogens is 1. The van der Waals surface area contributed by atoms with E-state index in [1.807, 2.05) is 54.3 Å². The minimum atomic E-state index is -0.221. The number of carbonyl (C=O) groups is 1. The first-order chi connectivity index (χ1) is 11.7. The molecule has 1 aliphatic heterocycles. The highest BCUT2D eigenvalue weighted by Gasteiger charge is 2.33. The van der Waals surface area contributed by atoms with Crippen LogP contribution in [0.3, 0.4) is 0 Å². The highest BCUT2D eigenvalue weighted by molar-refractivity contribution is 6.30. The van der Waals surface area contributed by atoms with Gasteiger partial charge in [-0.05, 0) is 43.2 Å². The second-order valence-corrected chi connectivity index (χ2v) is 6.33. The Hall–Kier alpha value is -1.91. The van der Waals surface area contributed by atoms with Crippen molar-refractivity contribution in [3.8, 4) is 0 Å². The Bertz CT molecular complexity index is 670. The molecule has 1 aromatic heterocycles. The molecule has 0 spiro atoms. The molecule has 1 saturated heterocycles. The molecule has 2 atom stereocenters. The number of hydrogen-bond acceptors (Lipinski definition) is 3. The third kappa shape index (κ3) is 3.60. The Balaban J connectivity index is 1.98. The lowest BCUT2D eigenvalue weighted by Gasteiger charge is -2.32. The summed E-state index contributed by atoms with van der Waals surface area (Å²) in [6, 6.07) is 13.2. The van der Waals surface area contributed by atoms with E-state index in [1.54, 1.807) is 6.20 Å². The molecular weight excluding hydrogens is 324 g/mol. The lowest BCUT2D eigenvalue weighted by molar-refractivity contribution is -0.137. The number of benzene rings is 1. The molecule has 0 saturated carbocycles. The molecule has 1 aliphatic rings. The molecule has 1 fully saturated rings. The lowest BCUT2D eigenvalue weighted by atomic mass is 9.98. The van der Waals surface area contributed by atoms with Crippen molar-refractivity contribution in [1.82, 2.24) is 9.88 Å². The van der Waals surface area contributed by atoms with Crippen LogP contribution in [0.25, 0.3) is 0 Å². The van der Waals surface area contributed by atoms with Gasteiger partial charge in [0.15, 0.2) is 0 Å². The number of ether oxygens (including phenoxy) is 1. The fourth-order valence-electron chi connectivity index (χ4n) is 3.12. The fraction of sp³-hybridized carbons (Fsp3) is 0.368. The summed E-state index contributed by atoms with van der Waals surface area (Å²) in [7, 11) is 0. The molecule has 3 rings (SSSR count). The number of carbonyl (C=O) groups excluding carboxylic acids is 1. The summed E-state index contributed by atoms with van der Waals surface area (Å²) in [5.74, 6) is 0.0593. The van der Waals surface area contributed by atoms with Gasteiger partial charge in [-0.15, -0.1) is 0 Å². The molecule has 24 heavy (non-hydrogen) atoms. The van der Waals surface area contributed by atoms with Gasteiger partial charge >= 0.3 is 0 Å². The van der Waals surface area contributed by atoms with E-state index in [1.165, 1.54) is 0 Å². The van der Waals surface area contributed by atoms with E-state index < -0.39 is 0 Å². The molecule has 5 heteroatoms. The Morgan fingerprint density at radius 1 is 1.33 bits per heavy atom. The molecular formula is C19H21ClN2O2. The minimum absolute atomic E-state index is 0.0662. The van der Waals surface area contributed by atoms with Crippen LogP contribution in [-0.4, -0.2) is 35.5 Å². The summed E-state index contributed by atoms with van der Waals surface area (Å²) in [5, 5.41) is 0.678. The van der Waals surface area contributed by atoms with E-state index in [2.05, 4.69) is 4.98 Å². The molecule has 1 aromatic carbocycles. The summed E-state index contributed by atoms with van der Waals surface area (Å²) in [5.41, 5.74) is 1.86. The van der Waals surface area contributed by atoms with E-state index in [0.717, 1.165) is 17.7 Å². The molecule has 126 valence electrons. The number of halogens is 1. The summed E-state index contributed by atoms with van der Waals surface area (Å²) >= 11 is 6.03. The second kappa shape index (κ2) is 7.77. The van der Waals surface area contributed by atoms with Crippen LogP contribution in [0.4, 0.5) is 0 Å². The summed E-state index contributed by atoms with van der Waals surface area (Å²) in [6.07, 6.45) is 2.54. The average molecular weight is 345 g/mol. The zero-order chi connectivity index (χ0) is 16.9. The highest BCUT2D eigenvalue weighted by atomic mass is 35.5. The first-order valence-electron chi connectivity index (χ1n) is 8.25. The normalized spacial score (nSPS) is 18.3. The standard InChI is InChI=1S/C19H21ClN2O2/c1-2-22(19(23)15-10-12-24-13-15)18(17-5-3-4-11-21-17)14-6-8-16(20)9-7-14/h3-9,11,15,18H,2,10,12-13H2,1H3. The molecule has 0 bridgehead atoms. The predicted octanol–water partition coefficient (Wildman–Crippen LogP) is 3.71. The maximum atomic E-state index is 13.0. The monoisotopic (exact) mass is 344 g/mol. The molecule has 2 heterocycles. The van der Waals surface area contributed by atoms with Crippen LogP contribution in [0.1, 0.15) is 30.6 Å². The van der Waals surface area contributed by atoms with Gasteiger partial charge in [0.05, 0.1) is 24.3 Å². The Labute approximate surface area is 147 Å². The second-order valence-electron chi connectivity index (χ2n) is 5.89. The van der Waals surface area contributed by atoms with Gasteiger partial charge in [0, 0.05) is 24.4 Å². The van der Waals surface area contributed by atoms with Gasteiger partial charge in [-0.2, -0.15) is 0 Å². The van der Waals surface area contributed by atoms with Crippen molar-refractivity contribution >= 4 is 17.5 Å². The molecule has 0 N–H and O–H groups in total. The Morgan fingerprint density at radius 2 is 2.12 bits per heavy atom. The van der Waals surface area contributed by atoms with Gasteiger partial charge in [0.25, 0.3) is 0 Å². The largest absolute Gasteiger partial charge is 0.381 e. The molecule has 2 unspecified atom stereocenters. The molecule has 1 amide bonds. The van der Waals surface area contributed by atoms with Gasteiger partial charge < -0.3 is 9.64 Å². The van der Waals surface area contributed by atoms with E-state index in [9.17, 15) is 4.79 Å². The molecule has 4 nitrogen and oxygen atoms in total. The number of amides is 1. The van der Waals surface area contributed by atoms with Crippen LogP contribution in [0.5, 0.6) is 0 Å². The molecule has 0 aliphatic carbocycles. The van der Waals surface area contributed by atoms with E-state index in [-0.39, 0.29) is 17.9 Å². The average Bonchev–Trinajstić information content (AvgIpc) is 3.15. The van der Waals surface area contributed by atoms with Gasteiger partial charge in [0.1, 0.15) is 0 Å². The lowest BCUT2D eigenvalue weighted by Crippen LogP contribution is -2.40. The first-order valence-corrected chi connectivity index (χ1v) is 8.63. The maximum absolute atomic E-state index is 13.0. The zero-order valence-corrected chi connectivity index (χ0v) is 14.4. The van der Waals surface area contributed by atoms with Gasteiger partial charge in [-0.25, -0.2) is 0 Å². The van der Waals surface area contributed by atoms with E-state index in [4.69, 9.17) is 16.3 Å². The number of rotatable bonds is 5. The van der Waals surface area contributed by atoms with Crippen LogP contribution in [0.2, 0.25) is 5.02 Å². The smallest absolute Gasteiger partial charge is 0.228 e. The highest BCUT2D eigenvalue weighted by Crippen LogP contribution is 2.30. The van der Waals surface area contributed by atoms with Gasteiger partial charge in [0.2, 0.25) is 5.91 Å². The number of pyridine rings is 1. The van der Waals surface area contributed by atoms with E-state index >= 15 is 0 Å². The van der Waals surface area contributed by atoms with Crippen molar-refractivity contribution in [2.75, 3.05) is 19.8 Å². The maximum Gasteiger partial charge on any atom is 0.228 e. The fourth-order valence-corrected chi connectivity index (χ4v) is 3.25. The van der Waals surface area contributed by atoms with Gasteiger partial charge in [-0.1, -0.05) is 29.8 Å². The third-order valence-electron chi connectivity index (χ3n) is 4.37. The van der Waals surface area contributed by atoms with Crippen molar-refractivity contribution in [2.24, 2.45) is 5.92 Å². The topological polar surface area (TPSA) is 42.4 Å². The summed E-state index contributed by atoms with van der Waals surface area (Å²) in [4.78, 5) is 19.4. The van der Waals surface area contributed by atoms with Gasteiger partial charge in [-0.3, -0.25) is 9.78 Å².